The second-order valence-corrected chi connectivity index (χ2v) is 2.06. The van der Waals surface area contributed by atoms with Gasteiger partial charge in [-0.15, -0.1) is 0 Å². The third kappa shape index (κ3) is 2.37. The lowest BCUT2D eigenvalue weighted by molar-refractivity contribution is -0.120. The van der Waals surface area contributed by atoms with Gasteiger partial charge in [-0.25, -0.2) is 4.98 Å². The Morgan fingerprint density at radius 3 is 3.18 bits per heavy atom. The molecule has 2 N–H and O–H groups in total. The molecule has 0 radical (unpaired) electrons. The molecule has 0 unspecified atom stereocenters. The Labute approximate surface area is 64.2 Å². The van der Waals surface area contributed by atoms with Crippen LogP contribution in [0.2, 0.25) is 0 Å². The molecule has 1 aromatic heterocycles. The maximum absolute atomic E-state index is 10.7. The average Bonchev–Trinajstić information content (AvgIpc) is 2.52. The van der Waals surface area contributed by atoms with E-state index in [-0.39, 0.29) is 5.91 Å². The van der Waals surface area contributed by atoms with Gasteiger partial charge in [0.05, 0.1) is 6.54 Å². The zero-order chi connectivity index (χ0) is 8.10. The number of rotatable bonds is 3. The van der Waals surface area contributed by atoms with Gasteiger partial charge in [0.1, 0.15) is 12.2 Å². The molecular weight excluding hydrogens is 144 g/mol. The molecule has 5 nitrogen and oxygen atoms in total. The first-order chi connectivity index (χ1) is 5.33. The van der Waals surface area contributed by atoms with Crippen molar-refractivity contribution in [2.75, 3.05) is 0 Å². The molecule has 0 aliphatic rings. The molecule has 0 fully saturated rings. The Hall–Kier alpha value is -1.39. The minimum atomic E-state index is 0.0152. The standard InChI is InChI=1S/C6H10N4O/c1-2-6(11)7-3-5-8-4-9-10-5/h4H,2-3H2,1H3,(H,7,11)(H,8,9,10). The molecule has 0 bridgehead atoms. The van der Waals surface area contributed by atoms with Gasteiger partial charge in [-0.2, -0.15) is 5.10 Å². The number of nitrogens with zero attached hydrogens (tertiary/aromatic N) is 2. The van der Waals surface area contributed by atoms with Crippen molar-refractivity contribution in [3.05, 3.63) is 12.2 Å². The highest BCUT2D eigenvalue weighted by Gasteiger charge is 1.97. The number of carbonyl (C=O) groups excluding carboxylic acids is 1. The number of amides is 1. The van der Waals surface area contributed by atoms with Crippen molar-refractivity contribution in [2.45, 2.75) is 19.9 Å². The van der Waals surface area contributed by atoms with E-state index in [1.54, 1.807) is 6.92 Å². The summed E-state index contributed by atoms with van der Waals surface area (Å²) in [6.07, 6.45) is 1.90. The molecule has 11 heavy (non-hydrogen) atoms. The van der Waals surface area contributed by atoms with Crippen molar-refractivity contribution in [1.82, 2.24) is 20.5 Å². The van der Waals surface area contributed by atoms with Crippen molar-refractivity contribution in [2.24, 2.45) is 0 Å². The van der Waals surface area contributed by atoms with E-state index in [9.17, 15) is 4.79 Å². The van der Waals surface area contributed by atoms with Crippen LogP contribution in [0.4, 0.5) is 0 Å². The number of nitrogens with one attached hydrogen (secondary N) is 2. The first-order valence-electron chi connectivity index (χ1n) is 3.44. The highest BCUT2D eigenvalue weighted by molar-refractivity contribution is 5.75. The molecule has 0 saturated carbocycles. The quantitative estimate of drug-likeness (QED) is 0.635. The Balaban J connectivity index is 2.29. The van der Waals surface area contributed by atoms with Crippen molar-refractivity contribution in [3.8, 4) is 0 Å². The molecule has 60 valence electrons. The number of carbonyl (C=O) groups is 1. The third-order valence-corrected chi connectivity index (χ3v) is 1.24. The van der Waals surface area contributed by atoms with Crippen molar-refractivity contribution < 1.29 is 4.79 Å². The molecule has 0 aliphatic carbocycles. The first kappa shape index (κ1) is 7.71. The van der Waals surface area contributed by atoms with Crippen LogP contribution in [0.1, 0.15) is 19.2 Å². The summed E-state index contributed by atoms with van der Waals surface area (Å²) in [6.45, 7) is 2.22. The molecule has 0 aliphatic heterocycles. The largest absolute Gasteiger partial charge is 0.349 e. The molecule has 0 aromatic carbocycles. The molecule has 1 amide bonds. The predicted octanol–water partition coefficient (Wildman–Crippen LogP) is -0.169. The van der Waals surface area contributed by atoms with Gasteiger partial charge in [-0.05, 0) is 0 Å². The Morgan fingerprint density at radius 1 is 1.82 bits per heavy atom. The summed E-state index contributed by atoms with van der Waals surface area (Å²) >= 11 is 0. The molecule has 1 rings (SSSR count). The molecular formula is C6H10N4O. The molecule has 0 saturated heterocycles. The third-order valence-electron chi connectivity index (χ3n) is 1.24. The minimum absolute atomic E-state index is 0.0152. The van der Waals surface area contributed by atoms with Gasteiger partial charge in [0.2, 0.25) is 5.91 Å². The molecule has 0 atom stereocenters. The minimum Gasteiger partial charge on any atom is -0.349 e. The first-order valence-corrected chi connectivity index (χ1v) is 3.44. The van der Waals surface area contributed by atoms with Gasteiger partial charge in [-0.3, -0.25) is 9.89 Å². The predicted molar refractivity (Wildman–Crippen MR) is 38.5 cm³/mol. The second-order valence-electron chi connectivity index (χ2n) is 2.06. The van der Waals surface area contributed by atoms with Crippen LogP contribution in [0.3, 0.4) is 0 Å². The van der Waals surface area contributed by atoms with Crippen LogP contribution in [0, 0.1) is 0 Å². The number of aromatic amines is 1. The smallest absolute Gasteiger partial charge is 0.220 e. The Bertz CT molecular complexity index is 218. The molecule has 1 heterocycles. The van der Waals surface area contributed by atoms with Crippen LogP contribution in [0.5, 0.6) is 0 Å². The fourth-order valence-electron chi connectivity index (χ4n) is 0.623. The topological polar surface area (TPSA) is 70.7 Å². The number of aromatic nitrogens is 3. The van der Waals surface area contributed by atoms with Crippen LogP contribution in [0.25, 0.3) is 0 Å². The second kappa shape index (κ2) is 3.70. The number of hydrogen-bond donors (Lipinski definition) is 2. The summed E-state index contributed by atoms with van der Waals surface area (Å²) in [5.41, 5.74) is 0. The molecule has 1 aromatic rings. The van der Waals surface area contributed by atoms with Crippen LogP contribution < -0.4 is 5.32 Å². The zero-order valence-corrected chi connectivity index (χ0v) is 6.29. The Kier molecular flexibility index (Phi) is 2.59. The van der Waals surface area contributed by atoms with E-state index >= 15 is 0 Å². The fourth-order valence-corrected chi connectivity index (χ4v) is 0.623. The molecule has 5 heteroatoms. The normalized spacial score (nSPS) is 9.55. The summed E-state index contributed by atoms with van der Waals surface area (Å²) in [7, 11) is 0. The maximum atomic E-state index is 10.7. The summed E-state index contributed by atoms with van der Waals surface area (Å²) < 4.78 is 0. The van der Waals surface area contributed by atoms with E-state index in [1.165, 1.54) is 6.33 Å². The van der Waals surface area contributed by atoms with Gasteiger partial charge in [-0.1, -0.05) is 6.92 Å². The van der Waals surface area contributed by atoms with Gasteiger partial charge < -0.3 is 5.32 Å². The summed E-state index contributed by atoms with van der Waals surface area (Å²) in [4.78, 5) is 14.6. The van der Waals surface area contributed by atoms with Crippen LogP contribution in [-0.4, -0.2) is 21.1 Å². The van der Waals surface area contributed by atoms with Crippen LogP contribution >= 0.6 is 0 Å². The zero-order valence-electron chi connectivity index (χ0n) is 6.29. The van der Waals surface area contributed by atoms with E-state index in [0.29, 0.717) is 18.8 Å². The number of H-pyrrole nitrogens is 1. The summed E-state index contributed by atoms with van der Waals surface area (Å²) in [6, 6.07) is 0. The fraction of sp³-hybridized carbons (Fsp3) is 0.500. The van der Waals surface area contributed by atoms with Crippen molar-refractivity contribution in [1.29, 1.82) is 0 Å². The number of hydrogen-bond acceptors (Lipinski definition) is 3. The lowest BCUT2D eigenvalue weighted by Crippen LogP contribution is -2.22. The van der Waals surface area contributed by atoms with Gasteiger partial charge in [0, 0.05) is 6.42 Å². The van der Waals surface area contributed by atoms with Gasteiger partial charge in [0.15, 0.2) is 0 Å². The van der Waals surface area contributed by atoms with Crippen LogP contribution in [0.15, 0.2) is 6.33 Å². The Morgan fingerprint density at radius 2 is 2.64 bits per heavy atom. The summed E-state index contributed by atoms with van der Waals surface area (Å²) in [5.74, 6) is 0.688. The van der Waals surface area contributed by atoms with E-state index in [4.69, 9.17) is 0 Å². The average molecular weight is 154 g/mol. The van der Waals surface area contributed by atoms with E-state index in [0.717, 1.165) is 0 Å². The van der Waals surface area contributed by atoms with E-state index in [2.05, 4.69) is 20.5 Å². The highest BCUT2D eigenvalue weighted by atomic mass is 16.1. The van der Waals surface area contributed by atoms with Crippen LogP contribution in [-0.2, 0) is 11.3 Å². The van der Waals surface area contributed by atoms with E-state index in [1.807, 2.05) is 0 Å². The summed E-state index contributed by atoms with van der Waals surface area (Å²) in [5, 5.41) is 8.94. The van der Waals surface area contributed by atoms with Crippen molar-refractivity contribution >= 4 is 5.91 Å². The SMILES string of the molecule is CCC(=O)NCc1ncn[nH]1. The van der Waals surface area contributed by atoms with E-state index < -0.39 is 0 Å². The monoisotopic (exact) mass is 154 g/mol. The highest BCUT2D eigenvalue weighted by Crippen LogP contribution is 1.84. The molecule has 0 spiro atoms. The van der Waals surface area contributed by atoms with Crippen molar-refractivity contribution in [3.63, 3.8) is 0 Å². The maximum Gasteiger partial charge on any atom is 0.220 e. The lowest BCUT2D eigenvalue weighted by Gasteiger charge is -1.97. The van der Waals surface area contributed by atoms with Gasteiger partial charge in [0.25, 0.3) is 0 Å². The van der Waals surface area contributed by atoms with Gasteiger partial charge >= 0.3 is 0 Å². The lowest BCUT2D eigenvalue weighted by atomic mass is 10.4.